The fourth-order valence-electron chi connectivity index (χ4n) is 1.35. The zero-order chi connectivity index (χ0) is 13.2. The first-order valence-corrected chi connectivity index (χ1v) is 6.63. The second kappa shape index (κ2) is 4.77. The summed E-state index contributed by atoms with van der Waals surface area (Å²) in [4.78, 5) is 0. The summed E-state index contributed by atoms with van der Waals surface area (Å²) in [6, 6.07) is 6.75. The first kappa shape index (κ1) is 12.6. The largest absolute Gasteiger partial charge is 0.379 e. The highest BCUT2D eigenvalue weighted by molar-refractivity contribution is 7.86. The second-order valence-electron chi connectivity index (χ2n) is 3.64. The summed E-state index contributed by atoms with van der Waals surface area (Å²) in [6.07, 6.45) is 0. The molecule has 1 aromatic heterocycles. The first-order valence-electron chi connectivity index (χ1n) is 5.05. The van der Waals surface area contributed by atoms with Gasteiger partial charge in [-0.3, -0.25) is 0 Å². The van der Waals surface area contributed by atoms with Crippen LogP contribution in [0.15, 0.2) is 34.9 Å². The van der Waals surface area contributed by atoms with Gasteiger partial charge < -0.3 is 8.71 Å². The van der Waals surface area contributed by atoms with E-state index in [0.29, 0.717) is 5.76 Å². The lowest BCUT2D eigenvalue weighted by Crippen LogP contribution is -2.13. The van der Waals surface area contributed by atoms with E-state index >= 15 is 0 Å². The van der Waals surface area contributed by atoms with Crippen molar-refractivity contribution < 1.29 is 21.5 Å². The monoisotopic (exact) mass is 271 g/mol. The molecule has 0 spiro atoms. The molecule has 0 saturated heterocycles. The predicted molar refractivity (Wildman–Crippen MR) is 60.9 cm³/mol. The van der Waals surface area contributed by atoms with Crippen LogP contribution in [0.25, 0.3) is 0 Å². The third-order valence-corrected chi connectivity index (χ3v) is 3.14. The van der Waals surface area contributed by atoms with Gasteiger partial charge in [0.1, 0.15) is 17.2 Å². The first-order chi connectivity index (χ1) is 8.46. The Morgan fingerprint density at radius 2 is 2.11 bits per heavy atom. The number of nitrogens with zero attached hydrogens (tertiary/aromatic N) is 1. The van der Waals surface area contributed by atoms with Crippen LogP contribution in [-0.4, -0.2) is 13.6 Å². The molecule has 0 saturated carbocycles. The van der Waals surface area contributed by atoms with Crippen LogP contribution < -0.4 is 4.18 Å². The molecule has 0 N–H and O–H groups in total. The molecule has 0 radical (unpaired) electrons. The second-order valence-corrected chi connectivity index (χ2v) is 5.22. The van der Waals surface area contributed by atoms with Gasteiger partial charge in [0.15, 0.2) is 11.6 Å². The Labute approximate surface area is 103 Å². The van der Waals surface area contributed by atoms with E-state index in [1.165, 1.54) is 24.3 Å². The Kier molecular flexibility index (Phi) is 3.33. The molecule has 2 aromatic rings. The molecule has 0 aliphatic rings. The molecular formula is C11H10FNO4S. The maximum absolute atomic E-state index is 13.2. The van der Waals surface area contributed by atoms with Gasteiger partial charge in [-0.05, 0) is 19.1 Å². The normalized spacial score (nSPS) is 11.4. The number of aryl methyl sites for hydroxylation is 1. The van der Waals surface area contributed by atoms with E-state index in [1.807, 2.05) is 0 Å². The minimum absolute atomic E-state index is 0.212. The molecular weight excluding hydrogens is 261 g/mol. The van der Waals surface area contributed by atoms with Crippen molar-refractivity contribution in [2.75, 3.05) is 0 Å². The third kappa shape index (κ3) is 3.07. The number of aromatic nitrogens is 1. The number of hydrogen-bond acceptors (Lipinski definition) is 5. The van der Waals surface area contributed by atoms with E-state index in [2.05, 4.69) is 9.34 Å². The summed E-state index contributed by atoms with van der Waals surface area (Å²) in [5.41, 5.74) is 0.212. The average molecular weight is 271 g/mol. The van der Waals surface area contributed by atoms with Crippen LogP contribution in [0, 0.1) is 12.7 Å². The van der Waals surface area contributed by atoms with Gasteiger partial charge in [-0.25, -0.2) is 4.39 Å². The van der Waals surface area contributed by atoms with E-state index in [0.717, 1.165) is 6.07 Å². The summed E-state index contributed by atoms with van der Waals surface area (Å²) in [7, 11) is -3.96. The highest BCUT2D eigenvalue weighted by atomic mass is 32.2. The lowest BCUT2D eigenvalue weighted by molar-refractivity contribution is 0.391. The molecule has 0 bridgehead atoms. The van der Waals surface area contributed by atoms with Crippen LogP contribution in [0.5, 0.6) is 5.75 Å². The van der Waals surface area contributed by atoms with Crippen molar-refractivity contribution in [3.05, 3.63) is 47.6 Å². The van der Waals surface area contributed by atoms with Crippen molar-refractivity contribution >= 4 is 10.1 Å². The van der Waals surface area contributed by atoms with Gasteiger partial charge in [-0.2, -0.15) is 8.42 Å². The molecule has 0 amide bonds. The number of para-hydroxylation sites is 1. The smallest absolute Gasteiger partial charge is 0.315 e. The highest BCUT2D eigenvalue weighted by Gasteiger charge is 2.18. The van der Waals surface area contributed by atoms with Crippen LogP contribution >= 0.6 is 0 Å². The summed E-state index contributed by atoms with van der Waals surface area (Å²) in [5, 5.41) is 3.54. The summed E-state index contributed by atoms with van der Waals surface area (Å²) in [5.74, 6) is -1.06. The lowest BCUT2D eigenvalue weighted by atomic mass is 10.3. The van der Waals surface area contributed by atoms with E-state index in [4.69, 9.17) is 4.52 Å². The molecule has 96 valence electrons. The maximum atomic E-state index is 13.2. The SMILES string of the molecule is Cc1cc(CS(=O)(=O)Oc2ccccc2F)no1. The summed E-state index contributed by atoms with van der Waals surface area (Å²) < 4.78 is 46.0. The van der Waals surface area contributed by atoms with Crippen LogP contribution in [0.3, 0.4) is 0 Å². The van der Waals surface area contributed by atoms with E-state index in [9.17, 15) is 12.8 Å². The van der Waals surface area contributed by atoms with Crippen LogP contribution in [0.4, 0.5) is 4.39 Å². The quantitative estimate of drug-likeness (QED) is 0.796. The fourth-order valence-corrected chi connectivity index (χ4v) is 2.31. The summed E-state index contributed by atoms with van der Waals surface area (Å²) in [6.45, 7) is 1.64. The summed E-state index contributed by atoms with van der Waals surface area (Å²) >= 11 is 0. The molecule has 1 aromatic carbocycles. The van der Waals surface area contributed by atoms with Gasteiger partial charge >= 0.3 is 10.1 Å². The predicted octanol–water partition coefficient (Wildman–Crippen LogP) is 2.03. The van der Waals surface area contributed by atoms with E-state index in [1.54, 1.807) is 6.92 Å². The molecule has 0 aliphatic carbocycles. The lowest BCUT2D eigenvalue weighted by Gasteiger charge is -2.05. The van der Waals surface area contributed by atoms with E-state index in [-0.39, 0.29) is 11.4 Å². The van der Waals surface area contributed by atoms with Gasteiger partial charge in [0.2, 0.25) is 0 Å². The van der Waals surface area contributed by atoms with Gasteiger partial charge in [0.05, 0.1) is 0 Å². The van der Waals surface area contributed by atoms with Crippen molar-refractivity contribution in [2.45, 2.75) is 12.7 Å². The van der Waals surface area contributed by atoms with Crippen molar-refractivity contribution in [1.29, 1.82) is 0 Å². The molecule has 1 heterocycles. The molecule has 0 atom stereocenters. The van der Waals surface area contributed by atoms with Gasteiger partial charge in [0.25, 0.3) is 0 Å². The Balaban J connectivity index is 2.15. The Morgan fingerprint density at radius 3 is 2.72 bits per heavy atom. The molecule has 18 heavy (non-hydrogen) atoms. The average Bonchev–Trinajstić information content (AvgIpc) is 2.66. The topological polar surface area (TPSA) is 69.4 Å². The van der Waals surface area contributed by atoms with Crippen molar-refractivity contribution in [2.24, 2.45) is 0 Å². The van der Waals surface area contributed by atoms with Gasteiger partial charge in [0, 0.05) is 6.07 Å². The van der Waals surface area contributed by atoms with Crippen LogP contribution in [0.2, 0.25) is 0 Å². The van der Waals surface area contributed by atoms with Gasteiger partial charge in [-0.15, -0.1) is 0 Å². The van der Waals surface area contributed by atoms with E-state index < -0.39 is 21.7 Å². The van der Waals surface area contributed by atoms with Crippen molar-refractivity contribution in [1.82, 2.24) is 5.16 Å². The third-order valence-electron chi connectivity index (χ3n) is 2.05. The van der Waals surface area contributed by atoms with Crippen molar-refractivity contribution in [3.8, 4) is 5.75 Å². The van der Waals surface area contributed by atoms with Gasteiger partial charge in [-0.1, -0.05) is 17.3 Å². The van der Waals surface area contributed by atoms with Crippen molar-refractivity contribution in [3.63, 3.8) is 0 Å². The molecule has 7 heteroatoms. The minimum atomic E-state index is -3.96. The molecule has 0 unspecified atom stereocenters. The Morgan fingerprint density at radius 1 is 1.39 bits per heavy atom. The minimum Gasteiger partial charge on any atom is -0.379 e. The Bertz CT molecular complexity index is 651. The number of halogens is 1. The number of hydrogen-bond donors (Lipinski definition) is 0. The highest BCUT2D eigenvalue weighted by Crippen LogP contribution is 2.19. The Hall–Kier alpha value is -1.89. The molecule has 2 rings (SSSR count). The van der Waals surface area contributed by atoms with Crippen LogP contribution in [-0.2, 0) is 15.9 Å². The maximum Gasteiger partial charge on any atom is 0.315 e. The standard InChI is InChI=1S/C11H10FNO4S/c1-8-6-9(13-16-8)7-18(14,15)17-11-5-3-2-4-10(11)12/h2-6H,7H2,1H3. The number of benzene rings is 1. The number of rotatable bonds is 4. The fraction of sp³-hybridized carbons (Fsp3) is 0.182. The zero-order valence-corrected chi connectivity index (χ0v) is 10.3. The molecule has 0 fully saturated rings. The zero-order valence-electron chi connectivity index (χ0n) is 9.46. The molecule has 5 nitrogen and oxygen atoms in total. The molecule has 0 aliphatic heterocycles. The van der Waals surface area contributed by atoms with Crippen LogP contribution in [0.1, 0.15) is 11.5 Å².